The normalized spacial score (nSPS) is 25.1. The highest BCUT2D eigenvalue weighted by molar-refractivity contribution is 6.18. The lowest BCUT2D eigenvalue weighted by molar-refractivity contribution is -0.946. The summed E-state index contributed by atoms with van der Waals surface area (Å²) in [5, 5.41) is 28.6. The van der Waals surface area contributed by atoms with Crippen molar-refractivity contribution in [2.24, 2.45) is 0 Å². The number of hydrogen-bond donors (Lipinski definition) is 3. The van der Waals surface area contributed by atoms with E-state index in [1.807, 2.05) is 0 Å². The van der Waals surface area contributed by atoms with Gasteiger partial charge in [0.1, 0.15) is 6.10 Å². The number of hydrogen-bond acceptors (Lipinski definition) is 7. The van der Waals surface area contributed by atoms with E-state index in [0.29, 0.717) is 22.8 Å². The van der Waals surface area contributed by atoms with E-state index in [2.05, 4.69) is 4.90 Å². The van der Waals surface area contributed by atoms with Gasteiger partial charge in [-0.25, -0.2) is 4.79 Å². The van der Waals surface area contributed by atoms with E-state index in [1.165, 1.54) is 0 Å². The number of piperazine rings is 1. The molecule has 2 atom stereocenters. The summed E-state index contributed by atoms with van der Waals surface area (Å²) in [4.78, 5) is 14.1. The predicted octanol–water partition coefficient (Wildman–Crippen LogP) is -0.381. The number of cyclic esters (lactones) is 1. The van der Waals surface area contributed by atoms with Gasteiger partial charge in [0, 0.05) is 25.5 Å². The third-order valence-corrected chi connectivity index (χ3v) is 5.02. The maximum Gasteiger partial charge on any atom is 0.378 e. The largest absolute Gasteiger partial charge is 0.505 e. The van der Waals surface area contributed by atoms with E-state index < -0.39 is 30.5 Å². The number of nitrogens with zero attached hydrogens (tertiary/aromatic N) is 2. The molecule has 0 spiro atoms. The summed E-state index contributed by atoms with van der Waals surface area (Å²) >= 11 is 11.7. The molecule has 144 valence electrons. The first-order valence-corrected chi connectivity index (χ1v) is 9.28. The molecular formula is C15H25Cl2N2O6+. The van der Waals surface area contributed by atoms with Gasteiger partial charge in [-0.1, -0.05) is 0 Å². The smallest absolute Gasteiger partial charge is 0.378 e. The second-order valence-electron chi connectivity index (χ2n) is 6.30. The van der Waals surface area contributed by atoms with Gasteiger partial charge >= 0.3 is 5.97 Å². The third kappa shape index (κ3) is 4.90. The molecule has 0 unspecified atom stereocenters. The minimum absolute atomic E-state index is 0.165. The van der Waals surface area contributed by atoms with Crippen molar-refractivity contribution in [1.82, 2.24) is 4.90 Å². The van der Waals surface area contributed by atoms with Crippen molar-refractivity contribution < 1.29 is 34.1 Å². The van der Waals surface area contributed by atoms with Crippen LogP contribution in [-0.2, 0) is 14.3 Å². The molecule has 25 heavy (non-hydrogen) atoms. The maximum atomic E-state index is 11.9. The average Bonchev–Trinajstić information content (AvgIpc) is 2.89. The summed E-state index contributed by atoms with van der Waals surface area (Å²) in [6.07, 6.45) is -2.69. The molecule has 8 nitrogen and oxygen atoms in total. The monoisotopic (exact) mass is 399 g/mol. The minimum Gasteiger partial charge on any atom is -0.505 e. The fourth-order valence-corrected chi connectivity index (χ4v) is 3.62. The van der Waals surface area contributed by atoms with Gasteiger partial charge < -0.3 is 24.8 Å². The predicted molar refractivity (Wildman–Crippen MR) is 91.3 cm³/mol. The van der Waals surface area contributed by atoms with Crippen LogP contribution < -0.4 is 0 Å². The number of esters is 1. The molecule has 0 bridgehead atoms. The van der Waals surface area contributed by atoms with E-state index in [0.717, 1.165) is 32.7 Å². The molecule has 2 rings (SSSR count). The first kappa shape index (κ1) is 20.5. The zero-order chi connectivity index (χ0) is 18.4. The van der Waals surface area contributed by atoms with Crippen molar-refractivity contribution in [3.05, 3.63) is 11.5 Å². The number of halogens is 2. The summed E-state index contributed by atoms with van der Waals surface area (Å²) in [5.41, 5.74) is 0. The summed E-state index contributed by atoms with van der Waals surface area (Å²) in [6.45, 7) is 4.27. The molecule has 1 fully saturated rings. The number of carbonyl (C=O) groups excluding carboxylic acids is 1. The lowest BCUT2D eigenvalue weighted by Gasteiger charge is -2.43. The first-order chi connectivity index (χ1) is 12.0. The zero-order valence-corrected chi connectivity index (χ0v) is 15.5. The Labute approximate surface area is 156 Å². The zero-order valence-electron chi connectivity index (χ0n) is 13.9. The third-order valence-electron chi connectivity index (χ3n) is 4.68. The Morgan fingerprint density at radius 3 is 2.56 bits per heavy atom. The van der Waals surface area contributed by atoms with Crippen molar-refractivity contribution in [3.63, 3.8) is 0 Å². The van der Waals surface area contributed by atoms with Crippen molar-refractivity contribution >= 4 is 29.2 Å². The SMILES string of the molecule is O=C1O[C@H]([C@H](O)CO)C(O)=C1OC[N+]1(CCCl)CCN(CCCl)CC1. The van der Waals surface area contributed by atoms with Gasteiger partial charge in [-0.05, 0) is 0 Å². The molecule has 0 aromatic rings. The number of ether oxygens (including phenoxy) is 2. The summed E-state index contributed by atoms with van der Waals surface area (Å²) in [6, 6.07) is 0. The standard InChI is InChI=1S/C15H24Cl2N2O6/c16-1-3-18-4-7-19(6-2-17,8-5-18)10-24-14-12(22)13(11(21)9-20)25-15(14)23/h11,13,20-21H,1-10H2/p+1/t11-,13-/m1/s1. The van der Waals surface area contributed by atoms with Crippen LogP contribution in [0.4, 0.5) is 0 Å². The van der Waals surface area contributed by atoms with Gasteiger partial charge in [0.2, 0.25) is 6.73 Å². The van der Waals surface area contributed by atoms with Crippen LogP contribution in [0, 0.1) is 0 Å². The van der Waals surface area contributed by atoms with Gasteiger partial charge in [-0.15, -0.1) is 23.2 Å². The average molecular weight is 400 g/mol. The number of carbonyl (C=O) groups is 1. The van der Waals surface area contributed by atoms with Crippen LogP contribution in [0.15, 0.2) is 11.5 Å². The van der Waals surface area contributed by atoms with Gasteiger partial charge in [-0.3, -0.25) is 9.38 Å². The molecule has 2 aliphatic heterocycles. The topological polar surface area (TPSA) is 99.5 Å². The number of alkyl halides is 2. The summed E-state index contributed by atoms with van der Waals surface area (Å²) in [7, 11) is 0. The molecule has 0 aliphatic carbocycles. The van der Waals surface area contributed by atoms with Crippen LogP contribution in [0.3, 0.4) is 0 Å². The Hall–Kier alpha value is -0.770. The quantitative estimate of drug-likeness (QED) is 0.276. The molecule has 2 aliphatic rings. The van der Waals surface area contributed by atoms with E-state index in [1.54, 1.807) is 0 Å². The van der Waals surface area contributed by atoms with Crippen molar-refractivity contribution in [3.8, 4) is 0 Å². The maximum absolute atomic E-state index is 11.9. The molecule has 2 heterocycles. The van der Waals surface area contributed by atoms with E-state index >= 15 is 0 Å². The number of aliphatic hydroxyl groups is 3. The second kappa shape index (κ2) is 9.25. The van der Waals surface area contributed by atoms with Crippen LogP contribution in [0.2, 0.25) is 0 Å². The lowest BCUT2D eigenvalue weighted by atomic mass is 10.2. The van der Waals surface area contributed by atoms with Gasteiger partial charge in [0.15, 0.2) is 11.9 Å². The van der Waals surface area contributed by atoms with E-state index in [4.69, 9.17) is 37.8 Å². The molecule has 0 saturated carbocycles. The Morgan fingerprint density at radius 1 is 1.32 bits per heavy atom. The summed E-state index contributed by atoms with van der Waals surface area (Å²) < 4.78 is 11.0. The van der Waals surface area contributed by atoms with Crippen LogP contribution in [0.5, 0.6) is 0 Å². The van der Waals surface area contributed by atoms with Crippen LogP contribution >= 0.6 is 23.2 Å². The molecule has 0 aromatic heterocycles. The highest BCUT2D eigenvalue weighted by Gasteiger charge is 2.42. The van der Waals surface area contributed by atoms with Crippen LogP contribution in [-0.4, -0.2) is 107 Å². The fraction of sp³-hybridized carbons (Fsp3) is 0.800. The highest BCUT2D eigenvalue weighted by Crippen LogP contribution is 2.25. The van der Waals surface area contributed by atoms with Gasteiger partial charge in [0.25, 0.3) is 5.76 Å². The first-order valence-electron chi connectivity index (χ1n) is 8.21. The Bertz CT molecular complexity index is 496. The summed E-state index contributed by atoms with van der Waals surface area (Å²) in [5.74, 6) is -0.628. The highest BCUT2D eigenvalue weighted by atomic mass is 35.5. The fourth-order valence-electron chi connectivity index (χ4n) is 3.02. The van der Waals surface area contributed by atoms with Crippen molar-refractivity contribution in [1.29, 1.82) is 0 Å². The molecular weight excluding hydrogens is 375 g/mol. The van der Waals surface area contributed by atoms with E-state index in [9.17, 15) is 15.0 Å². The Kier molecular flexibility index (Phi) is 7.60. The second-order valence-corrected chi connectivity index (χ2v) is 7.05. The van der Waals surface area contributed by atoms with Crippen molar-refractivity contribution in [2.45, 2.75) is 12.2 Å². The molecule has 1 saturated heterocycles. The van der Waals surface area contributed by atoms with Crippen LogP contribution in [0.25, 0.3) is 0 Å². The van der Waals surface area contributed by atoms with Crippen LogP contribution in [0.1, 0.15) is 0 Å². The Balaban J connectivity index is 2.01. The van der Waals surface area contributed by atoms with Gasteiger partial charge in [0.05, 0.1) is 32.1 Å². The number of rotatable bonds is 9. The van der Waals surface area contributed by atoms with E-state index in [-0.39, 0.29) is 12.5 Å². The lowest BCUT2D eigenvalue weighted by Crippen LogP contribution is -2.61. The number of quaternary nitrogens is 1. The van der Waals surface area contributed by atoms with Crippen molar-refractivity contribution in [2.75, 3.05) is 64.4 Å². The van der Waals surface area contributed by atoms with Gasteiger partial charge in [-0.2, -0.15) is 0 Å². The molecule has 3 N–H and O–H groups in total. The molecule has 0 aromatic carbocycles. The minimum atomic E-state index is -1.39. The molecule has 10 heteroatoms. The Morgan fingerprint density at radius 2 is 2.00 bits per heavy atom. The molecule has 0 amide bonds. The number of aliphatic hydroxyl groups excluding tert-OH is 3. The molecule has 0 radical (unpaired) electrons.